The first-order valence-corrected chi connectivity index (χ1v) is 20.2. The molecule has 0 aromatic heterocycles. The van der Waals surface area contributed by atoms with Crippen LogP contribution in [0.2, 0.25) is 0 Å². The molecular weight excluding hydrogens is 772 g/mol. The van der Waals surface area contributed by atoms with Gasteiger partial charge in [0, 0.05) is 43.8 Å². The lowest BCUT2D eigenvalue weighted by atomic mass is 9.84. The fourth-order valence-corrected chi connectivity index (χ4v) is 7.76. The predicted molar refractivity (Wildman–Crippen MR) is 205 cm³/mol. The highest BCUT2D eigenvalue weighted by Gasteiger charge is 2.50. The van der Waals surface area contributed by atoms with E-state index in [0.29, 0.717) is 19.5 Å². The third kappa shape index (κ3) is 12.8. The molecular formula is C34H72N10O14. The van der Waals surface area contributed by atoms with Crippen molar-refractivity contribution in [1.29, 1.82) is 0 Å². The molecule has 2 saturated carbocycles. The summed E-state index contributed by atoms with van der Waals surface area (Å²) in [5.41, 5.74) is 48.3. The summed E-state index contributed by atoms with van der Waals surface area (Å²) in [6, 6.07) is -5.14. The number of aliphatic hydroxyl groups is 8. The number of nitrogens with one attached hydrogen (secondary N) is 2. The molecule has 24 nitrogen and oxygen atoms in total. The van der Waals surface area contributed by atoms with Crippen LogP contribution in [0.4, 0.5) is 0 Å². The number of aliphatic hydroxyl groups excluding tert-OH is 8. The maximum Gasteiger partial charge on any atom is 0.176 e. The van der Waals surface area contributed by atoms with Crippen LogP contribution in [0, 0.1) is 0 Å². The van der Waals surface area contributed by atoms with Gasteiger partial charge >= 0.3 is 0 Å². The summed E-state index contributed by atoms with van der Waals surface area (Å²) in [6.45, 7) is 0.565. The molecule has 58 heavy (non-hydrogen) atoms. The van der Waals surface area contributed by atoms with Crippen LogP contribution in [0.1, 0.15) is 32.1 Å². The lowest BCUT2D eigenvalue weighted by Gasteiger charge is -2.47. The van der Waals surface area contributed by atoms with E-state index in [0.717, 1.165) is 12.8 Å². The molecule has 4 rings (SSSR count). The lowest BCUT2D eigenvalue weighted by Crippen LogP contribution is -2.68. The second kappa shape index (κ2) is 23.5. The van der Waals surface area contributed by atoms with Gasteiger partial charge in [0.2, 0.25) is 0 Å². The Morgan fingerprint density at radius 1 is 0.552 bits per heavy atom. The molecule has 2 aliphatic carbocycles. The van der Waals surface area contributed by atoms with Crippen molar-refractivity contribution in [2.45, 2.75) is 167 Å². The van der Waals surface area contributed by atoms with Crippen LogP contribution in [0.5, 0.6) is 0 Å². The third-order valence-corrected chi connectivity index (χ3v) is 11.4. The van der Waals surface area contributed by atoms with Gasteiger partial charge in [-0.3, -0.25) is 5.32 Å². The first-order valence-electron chi connectivity index (χ1n) is 20.2. The van der Waals surface area contributed by atoms with Gasteiger partial charge in [-0.05, 0) is 38.8 Å². The molecule has 24 heteroatoms. The minimum atomic E-state index is -1.38. The van der Waals surface area contributed by atoms with Crippen LogP contribution in [-0.2, 0) is 28.4 Å². The number of hydrogen-bond acceptors (Lipinski definition) is 24. The summed E-state index contributed by atoms with van der Waals surface area (Å²) < 4.78 is 35.1. The fraction of sp³-hybridized carbons (Fsp3) is 1.00. The summed E-state index contributed by atoms with van der Waals surface area (Å²) in [7, 11) is 0. The van der Waals surface area contributed by atoms with Crippen molar-refractivity contribution in [2.24, 2.45) is 45.9 Å². The average molecular weight is 845 g/mol. The zero-order chi connectivity index (χ0) is 42.8. The first-order chi connectivity index (χ1) is 27.5. The summed E-state index contributed by atoms with van der Waals surface area (Å²) in [6.07, 6.45) is -15.6. The van der Waals surface area contributed by atoms with Gasteiger partial charge in [-0.25, -0.2) is 0 Å². The van der Waals surface area contributed by atoms with E-state index in [-0.39, 0.29) is 45.7 Å². The lowest BCUT2D eigenvalue weighted by molar-refractivity contribution is -0.292. The van der Waals surface area contributed by atoms with Gasteiger partial charge in [-0.15, -0.1) is 0 Å². The molecule has 26 N–H and O–H groups in total. The number of ether oxygens (including phenoxy) is 6. The Morgan fingerprint density at radius 2 is 1.00 bits per heavy atom. The van der Waals surface area contributed by atoms with Gasteiger partial charge in [-0.2, -0.15) is 0 Å². The number of rotatable bonds is 21. The Hall–Kier alpha value is -0.960. The maximum atomic E-state index is 10.9. The summed E-state index contributed by atoms with van der Waals surface area (Å²) in [5.74, 6) is 0. The van der Waals surface area contributed by atoms with Crippen LogP contribution in [0.15, 0.2) is 0 Å². The van der Waals surface area contributed by atoms with Crippen LogP contribution in [0.3, 0.4) is 0 Å². The minimum Gasteiger partial charge on any atom is -0.389 e. The van der Waals surface area contributed by atoms with E-state index < -0.39 is 134 Å². The van der Waals surface area contributed by atoms with E-state index in [2.05, 4.69) is 10.6 Å². The molecule has 0 spiro atoms. The quantitative estimate of drug-likeness (QED) is 0.0377. The molecule has 2 saturated heterocycles. The summed E-state index contributed by atoms with van der Waals surface area (Å²) >= 11 is 0. The average Bonchev–Trinajstić information content (AvgIpc) is 3.19. The molecule has 22 atom stereocenters. The second-order valence-electron chi connectivity index (χ2n) is 16.0. The smallest absolute Gasteiger partial charge is 0.176 e. The number of unbranched alkanes of at least 4 members (excludes halogenated alkanes) is 2. The third-order valence-electron chi connectivity index (χ3n) is 11.4. The topological polar surface area (TPSA) is 449 Å². The van der Waals surface area contributed by atoms with Crippen LogP contribution >= 0.6 is 0 Å². The molecule has 0 unspecified atom stereocenters. The first kappa shape index (κ1) is 49.7. The monoisotopic (exact) mass is 845 g/mol. The van der Waals surface area contributed by atoms with E-state index in [1.165, 1.54) is 0 Å². The molecule has 4 aliphatic rings. The Balaban J connectivity index is 1.13. The second-order valence-corrected chi connectivity index (χ2v) is 16.0. The van der Waals surface area contributed by atoms with Gasteiger partial charge in [0.1, 0.15) is 67.3 Å². The highest BCUT2D eigenvalue weighted by Crippen LogP contribution is 2.30. The predicted octanol–water partition coefficient (Wildman–Crippen LogP) is -10.1. The van der Waals surface area contributed by atoms with Crippen molar-refractivity contribution < 1.29 is 69.3 Å². The van der Waals surface area contributed by atoms with Crippen molar-refractivity contribution >= 4 is 0 Å². The van der Waals surface area contributed by atoms with Gasteiger partial charge < -0.3 is 120 Å². The van der Waals surface area contributed by atoms with Gasteiger partial charge in [0.25, 0.3) is 0 Å². The maximum absolute atomic E-state index is 10.9. The zero-order valence-corrected chi connectivity index (χ0v) is 32.8. The summed E-state index contributed by atoms with van der Waals surface area (Å²) in [5, 5.41) is 90.1. The highest BCUT2D eigenvalue weighted by atomic mass is 16.7. The Bertz CT molecular complexity index is 1100. The van der Waals surface area contributed by atoms with Crippen molar-refractivity contribution in [3.8, 4) is 0 Å². The SMILES string of the molecule is NC[C@H]1O[C@H](O[C@H]2[C@H](OC[C@H](O)CNCCCCCN[C@@H](O)CO[C@@H]3[C@@H](O)[C@H](N)C[C@H](N)[C@H]3O[C@H]3O[C@H](CN)[C@@H](O)[C@H](O)[C@H]3N)[C@@H](O)[C@H](N)C[C@@H]2N)[C@H](N)[C@@H](O)[C@@H]1O. The van der Waals surface area contributed by atoms with E-state index >= 15 is 0 Å². The number of nitrogens with two attached hydrogens (primary N) is 8. The molecule has 0 bridgehead atoms. The van der Waals surface area contributed by atoms with Crippen molar-refractivity contribution in [2.75, 3.05) is 45.9 Å². The van der Waals surface area contributed by atoms with Gasteiger partial charge in [0.15, 0.2) is 12.6 Å². The van der Waals surface area contributed by atoms with Crippen molar-refractivity contribution in [3.05, 3.63) is 0 Å². The highest BCUT2D eigenvalue weighted by molar-refractivity contribution is 5.02. The van der Waals surface area contributed by atoms with Crippen LogP contribution < -0.4 is 56.5 Å². The summed E-state index contributed by atoms with van der Waals surface area (Å²) in [4.78, 5) is 0. The Kier molecular flexibility index (Phi) is 20.1. The molecule has 0 aromatic carbocycles. The van der Waals surface area contributed by atoms with Crippen LogP contribution in [-0.4, -0.2) is 221 Å². The van der Waals surface area contributed by atoms with Gasteiger partial charge in [0.05, 0.1) is 43.6 Å². The van der Waals surface area contributed by atoms with Crippen molar-refractivity contribution in [3.63, 3.8) is 0 Å². The van der Waals surface area contributed by atoms with Crippen LogP contribution in [0.25, 0.3) is 0 Å². The zero-order valence-electron chi connectivity index (χ0n) is 32.8. The minimum absolute atomic E-state index is 0.103. The van der Waals surface area contributed by atoms with Gasteiger partial charge in [-0.1, -0.05) is 6.42 Å². The molecule has 0 amide bonds. The van der Waals surface area contributed by atoms with E-state index in [1.807, 2.05) is 0 Å². The standard InChI is InChI=1S/C34H72N10O14/c35-8-18-25(49)27(51)21(41)33(55-18)57-29-16(39)6-14(37)23(47)31(29)53-11-13(45)10-43-4-2-1-3-5-44-20(46)12-54-32-24(48)15(38)7-17(40)30(32)58-34-22(42)28(52)26(50)19(9-36)56-34/h13-34,43-52H,1-12,35-42H2/t13-,14-,15-,16+,17+,18-,19-,20+,21-,22-,23+,24+,25-,26-,27-,28-,29-,30-,31-,32-,33-,34-/m1/s1. The molecule has 342 valence electrons. The van der Waals surface area contributed by atoms with E-state index in [1.54, 1.807) is 0 Å². The van der Waals surface area contributed by atoms with E-state index in [9.17, 15) is 40.9 Å². The molecule has 2 heterocycles. The fourth-order valence-electron chi connectivity index (χ4n) is 7.76. The molecule has 2 aliphatic heterocycles. The number of hydrogen-bond donors (Lipinski definition) is 18. The van der Waals surface area contributed by atoms with E-state index in [4.69, 9.17) is 74.3 Å². The molecule has 4 fully saturated rings. The van der Waals surface area contributed by atoms with Crippen molar-refractivity contribution in [1.82, 2.24) is 10.6 Å². The molecule has 0 radical (unpaired) electrons. The Labute approximate surface area is 338 Å². The molecule has 0 aromatic rings. The largest absolute Gasteiger partial charge is 0.389 e. The Morgan fingerprint density at radius 3 is 1.47 bits per heavy atom. The normalized spacial score (nSPS) is 44.9.